The molecule has 0 fully saturated rings. The number of H-pyrrole nitrogens is 1. The molecule has 30 heavy (non-hydrogen) atoms. The van der Waals surface area contributed by atoms with Gasteiger partial charge < -0.3 is 15.0 Å². The number of nitrogens with one attached hydrogen (secondary N) is 2. The number of hydrogen-bond acceptors (Lipinski definition) is 4. The zero-order valence-electron chi connectivity index (χ0n) is 16.1. The van der Waals surface area contributed by atoms with E-state index in [1.165, 1.54) is 12.1 Å². The van der Waals surface area contributed by atoms with Gasteiger partial charge in [-0.25, -0.2) is 4.98 Å². The molecule has 0 atom stereocenters. The minimum atomic E-state index is -4.34. The van der Waals surface area contributed by atoms with Crippen molar-refractivity contribution in [1.82, 2.24) is 15.0 Å². The second-order valence-electron chi connectivity index (χ2n) is 6.80. The summed E-state index contributed by atoms with van der Waals surface area (Å²) in [6.45, 7) is 0.349. The topological polar surface area (TPSA) is 62.8 Å². The predicted octanol–water partition coefficient (Wildman–Crippen LogP) is 5.19. The lowest BCUT2D eigenvalue weighted by atomic mass is 10.1. The number of pyridine rings is 2. The van der Waals surface area contributed by atoms with Crippen molar-refractivity contribution in [3.05, 3.63) is 83.2 Å². The Labute approximate surface area is 170 Å². The molecule has 0 unspecified atom stereocenters. The highest BCUT2D eigenvalue weighted by Crippen LogP contribution is 2.29. The largest absolute Gasteiger partial charge is 0.481 e. The molecule has 3 aromatic heterocycles. The van der Waals surface area contributed by atoms with Crippen LogP contribution in [0.2, 0.25) is 0 Å². The maximum absolute atomic E-state index is 12.7. The van der Waals surface area contributed by atoms with E-state index in [1.54, 1.807) is 13.3 Å². The van der Waals surface area contributed by atoms with E-state index in [1.807, 2.05) is 30.5 Å². The monoisotopic (exact) mass is 412 g/mol. The van der Waals surface area contributed by atoms with Gasteiger partial charge >= 0.3 is 6.18 Å². The molecule has 0 saturated heterocycles. The van der Waals surface area contributed by atoms with Crippen LogP contribution in [0.25, 0.3) is 11.0 Å². The van der Waals surface area contributed by atoms with Gasteiger partial charge in [-0.15, -0.1) is 0 Å². The van der Waals surface area contributed by atoms with Crippen LogP contribution in [-0.2, 0) is 19.1 Å². The van der Waals surface area contributed by atoms with Crippen molar-refractivity contribution in [1.29, 1.82) is 0 Å². The van der Waals surface area contributed by atoms with E-state index < -0.39 is 11.7 Å². The Balaban J connectivity index is 1.47. The first-order valence-corrected chi connectivity index (χ1v) is 9.29. The van der Waals surface area contributed by atoms with Gasteiger partial charge in [0.1, 0.15) is 11.5 Å². The van der Waals surface area contributed by atoms with Gasteiger partial charge in [0.15, 0.2) is 0 Å². The number of rotatable bonds is 6. The first-order valence-electron chi connectivity index (χ1n) is 9.29. The number of methoxy groups -OCH3 is 1. The van der Waals surface area contributed by atoms with E-state index in [0.29, 0.717) is 24.7 Å². The Morgan fingerprint density at radius 2 is 1.83 bits per heavy atom. The number of aromatic amines is 1. The number of benzene rings is 1. The molecule has 2 N–H and O–H groups in total. The highest BCUT2D eigenvalue weighted by atomic mass is 19.4. The van der Waals surface area contributed by atoms with Crippen LogP contribution in [0.4, 0.5) is 19.0 Å². The van der Waals surface area contributed by atoms with Crippen LogP contribution < -0.4 is 10.1 Å². The first-order chi connectivity index (χ1) is 14.4. The third kappa shape index (κ3) is 4.22. The normalized spacial score (nSPS) is 11.6. The van der Waals surface area contributed by atoms with E-state index in [0.717, 1.165) is 39.9 Å². The Kier molecular flexibility index (Phi) is 5.31. The predicted molar refractivity (Wildman–Crippen MR) is 108 cm³/mol. The Morgan fingerprint density at radius 3 is 2.57 bits per heavy atom. The summed E-state index contributed by atoms with van der Waals surface area (Å²) in [6, 6.07) is 12.7. The van der Waals surface area contributed by atoms with Gasteiger partial charge in [-0.3, -0.25) is 0 Å². The zero-order chi connectivity index (χ0) is 21.1. The van der Waals surface area contributed by atoms with Gasteiger partial charge in [-0.1, -0.05) is 12.1 Å². The number of halogens is 3. The van der Waals surface area contributed by atoms with Crippen molar-refractivity contribution < 1.29 is 17.9 Å². The molecular formula is C22H19F3N4O. The molecule has 0 aliphatic carbocycles. The van der Waals surface area contributed by atoms with Crippen LogP contribution in [0.1, 0.15) is 22.3 Å². The van der Waals surface area contributed by atoms with Gasteiger partial charge in [0.2, 0.25) is 5.88 Å². The molecular weight excluding hydrogens is 393 g/mol. The van der Waals surface area contributed by atoms with Crippen molar-refractivity contribution >= 4 is 16.9 Å². The summed E-state index contributed by atoms with van der Waals surface area (Å²) in [5.74, 6) is 1.07. The third-order valence-corrected chi connectivity index (χ3v) is 4.81. The zero-order valence-corrected chi connectivity index (χ0v) is 16.1. The smallest absolute Gasteiger partial charge is 0.416 e. The molecule has 0 radical (unpaired) electrons. The van der Waals surface area contributed by atoms with E-state index in [2.05, 4.69) is 20.3 Å². The Morgan fingerprint density at radius 1 is 1.03 bits per heavy atom. The highest BCUT2D eigenvalue weighted by Gasteiger charge is 2.29. The molecule has 0 aliphatic rings. The van der Waals surface area contributed by atoms with Crippen molar-refractivity contribution in [2.75, 3.05) is 12.4 Å². The number of anilines is 1. The molecule has 8 heteroatoms. The fraction of sp³-hybridized carbons (Fsp3) is 0.182. The van der Waals surface area contributed by atoms with Crippen molar-refractivity contribution in [3.8, 4) is 5.88 Å². The number of nitrogens with zero attached hydrogens (tertiary/aromatic N) is 2. The van der Waals surface area contributed by atoms with E-state index in [-0.39, 0.29) is 0 Å². The molecule has 0 spiro atoms. The van der Waals surface area contributed by atoms with Gasteiger partial charge in [-0.05, 0) is 47.5 Å². The summed E-state index contributed by atoms with van der Waals surface area (Å²) in [4.78, 5) is 11.9. The number of fused-ring (bicyclic) bond motifs is 1. The fourth-order valence-electron chi connectivity index (χ4n) is 3.25. The molecule has 0 bridgehead atoms. The number of alkyl halides is 3. The lowest BCUT2D eigenvalue weighted by molar-refractivity contribution is -0.137. The lowest BCUT2D eigenvalue weighted by Gasteiger charge is -2.12. The van der Waals surface area contributed by atoms with Gasteiger partial charge in [0.05, 0.1) is 12.7 Å². The van der Waals surface area contributed by atoms with Gasteiger partial charge in [-0.2, -0.15) is 18.2 Å². The Bertz CT molecular complexity index is 1150. The first kappa shape index (κ1) is 19.8. The number of aromatic nitrogens is 3. The van der Waals surface area contributed by atoms with Crippen LogP contribution in [0, 0.1) is 0 Å². The standard InChI is InChI=1S/C22H19F3N4O/c1-30-21-15(11-16-13-28-20-18(16)3-2-10-26-20)6-9-19(29-21)27-12-14-4-7-17(8-5-14)22(23,24)25/h2-10,13H,11-12H2,1H3,(H,26,28)(H,27,29). The molecule has 1 aromatic carbocycles. The summed E-state index contributed by atoms with van der Waals surface area (Å²) >= 11 is 0. The number of hydrogen-bond donors (Lipinski definition) is 2. The molecule has 4 aromatic rings. The summed E-state index contributed by atoms with van der Waals surface area (Å²) in [6.07, 6.45) is -0.0472. The van der Waals surface area contributed by atoms with E-state index in [9.17, 15) is 13.2 Å². The molecule has 3 heterocycles. The molecule has 5 nitrogen and oxygen atoms in total. The Hall–Kier alpha value is -3.55. The summed E-state index contributed by atoms with van der Waals surface area (Å²) < 4.78 is 43.5. The minimum Gasteiger partial charge on any atom is -0.481 e. The molecule has 0 aliphatic heterocycles. The van der Waals surface area contributed by atoms with Crippen LogP contribution in [0.5, 0.6) is 5.88 Å². The molecule has 4 rings (SSSR count). The third-order valence-electron chi connectivity index (χ3n) is 4.81. The number of ether oxygens (including phenoxy) is 1. The van der Waals surface area contributed by atoms with Crippen molar-refractivity contribution in [2.45, 2.75) is 19.1 Å². The van der Waals surface area contributed by atoms with Gasteiger partial charge in [0, 0.05) is 36.3 Å². The van der Waals surface area contributed by atoms with Crippen LogP contribution in [0.3, 0.4) is 0 Å². The quantitative estimate of drug-likeness (QED) is 0.458. The molecule has 0 amide bonds. The van der Waals surface area contributed by atoms with Gasteiger partial charge in [0.25, 0.3) is 0 Å². The van der Waals surface area contributed by atoms with Crippen molar-refractivity contribution in [3.63, 3.8) is 0 Å². The average Bonchev–Trinajstić information content (AvgIpc) is 3.15. The van der Waals surface area contributed by atoms with Crippen LogP contribution in [0.15, 0.2) is 60.9 Å². The van der Waals surface area contributed by atoms with Crippen LogP contribution in [-0.4, -0.2) is 22.1 Å². The average molecular weight is 412 g/mol. The summed E-state index contributed by atoms with van der Waals surface area (Å²) in [5.41, 5.74) is 2.89. The highest BCUT2D eigenvalue weighted by molar-refractivity contribution is 5.79. The summed E-state index contributed by atoms with van der Waals surface area (Å²) in [7, 11) is 1.56. The van der Waals surface area contributed by atoms with Crippen molar-refractivity contribution in [2.24, 2.45) is 0 Å². The SMILES string of the molecule is COc1nc(NCc2ccc(C(F)(F)F)cc2)ccc1Cc1c[nH]c2ncccc12. The lowest BCUT2D eigenvalue weighted by Crippen LogP contribution is -2.06. The minimum absolute atomic E-state index is 0.349. The maximum Gasteiger partial charge on any atom is 0.416 e. The molecule has 0 saturated carbocycles. The molecule has 154 valence electrons. The van der Waals surface area contributed by atoms with E-state index >= 15 is 0 Å². The fourth-order valence-corrected chi connectivity index (χ4v) is 3.25. The van der Waals surface area contributed by atoms with Crippen LogP contribution >= 0.6 is 0 Å². The maximum atomic E-state index is 12.7. The second kappa shape index (κ2) is 8.06. The summed E-state index contributed by atoms with van der Waals surface area (Å²) in [5, 5.41) is 4.17. The second-order valence-corrected chi connectivity index (χ2v) is 6.80. The van der Waals surface area contributed by atoms with E-state index in [4.69, 9.17) is 4.74 Å².